The Morgan fingerprint density at radius 2 is 2.06 bits per heavy atom. The Balaban J connectivity index is 0.00000256. The predicted octanol–water partition coefficient (Wildman–Crippen LogP) is 0.444. The second-order valence-electron chi connectivity index (χ2n) is 4.17. The van der Waals surface area contributed by atoms with Crippen molar-refractivity contribution in [1.82, 2.24) is 4.31 Å². The highest BCUT2D eigenvalue weighted by Crippen LogP contribution is 2.35. The fourth-order valence-electron chi connectivity index (χ4n) is 1.78. The molecule has 0 amide bonds. The average Bonchev–Trinajstić information content (AvgIpc) is 3.03. The van der Waals surface area contributed by atoms with Crippen molar-refractivity contribution in [3.8, 4) is 0 Å². The molecule has 0 aliphatic heterocycles. The van der Waals surface area contributed by atoms with E-state index >= 15 is 0 Å². The molecule has 5 nitrogen and oxygen atoms in total. The minimum Gasteiger partial charge on any atom is -0.381 e. The van der Waals surface area contributed by atoms with Crippen LogP contribution in [0.2, 0.25) is 0 Å². The molecule has 7 heteroatoms. The minimum absolute atomic E-state index is 0. The number of hydrogen-bond acceptors (Lipinski definition) is 4. The van der Waals surface area contributed by atoms with E-state index in [-0.39, 0.29) is 30.8 Å². The van der Waals surface area contributed by atoms with Crippen LogP contribution in [0.4, 0.5) is 0 Å². The third kappa shape index (κ3) is 5.09. The lowest BCUT2D eigenvalue weighted by Crippen LogP contribution is -2.44. The van der Waals surface area contributed by atoms with Crippen LogP contribution in [0.3, 0.4) is 0 Å². The molecule has 0 saturated heterocycles. The molecule has 2 N–H and O–H groups in total. The zero-order valence-electron chi connectivity index (χ0n) is 10.5. The lowest BCUT2D eigenvalue weighted by Gasteiger charge is -2.26. The summed E-state index contributed by atoms with van der Waals surface area (Å²) in [5.41, 5.74) is 5.63. The monoisotopic (exact) mass is 286 g/mol. The lowest BCUT2D eigenvalue weighted by molar-refractivity contribution is 0.162. The van der Waals surface area contributed by atoms with Gasteiger partial charge in [-0.3, -0.25) is 0 Å². The van der Waals surface area contributed by atoms with E-state index in [1.165, 1.54) is 4.31 Å². The van der Waals surface area contributed by atoms with Crippen LogP contribution in [0.15, 0.2) is 0 Å². The highest BCUT2D eigenvalue weighted by atomic mass is 35.5. The van der Waals surface area contributed by atoms with E-state index in [0.29, 0.717) is 19.1 Å². The molecule has 1 aliphatic rings. The molecule has 0 aromatic rings. The molecule has 0 aromatic carbocycles. The van der Waals surface area contributed by atoms with E-state index in [2.05, 4.69) is 0 Å². The predicted molar refractivity (Wildman–Crippen MR) is 70.9 cm³/mol. The van der Waals surface area contributed by atoms with Crippen molar-refractivity contribution in [1.29, 1.82) is 0 Å². The molecular formula is C10H23ClN2O3S. The summed E-state index contributed by atoms with van der Waals surface area (Å²) in [5, 5.41) is 0. The number of rotatable bonds is 8. The number of likely N-dealkylation sites (N-methyl/N-ethyl adjacent to an activating group) is 1. The summed E-state index contributed by atoms with van der Waals surface area (Å²) in [7, 11) is -1.60. The maximum atomic E-state index is 11.9. The smallest absolute Gasteiger partial charge is 0.216 e. The first-order valence-electron chi connectivity index (χ1n) is 5.76. The minimum atomic E-state index is -3.22. The van der Waals surface area contributed by atoms with E-state index in [4.69, 9.17) is 10.5 Å². The fraction of sp³-hybridized carbons (Fsp3) is 1.00. The van der Waals surface area contributed by atoms with Gasteiger partial charge >= 0.3 is 0 Å². The Hall–Kier alpha value is 0.120. The van der Waals surface area contributed by atoms with Gasteiger partial charge in [0, 0.05) is 26.2 Å². The molecule has 1 aliphatic carbocycles. The Labute approximate surface area is 110 Å². The third-order valence-electron chi connectivity index (χ3n) is 3.00. The van der Waals surface area contributed by atoms with Crippen LogP contribution in [-0.4, -0.2) is 51.3 Å². The van der Waals surface area contributed by atoms with Gasteiger partial charge in [0.2, 0.25) is 10.0 Å². The first-order chi connectivity index (χ1) is 7.53. The summed E-state index contributed by atoms with van der Waals surface area (Å²) in [6, 6.07) is -0.0355. The molecule has 1 fully saturated rings. The first-order valence-corrected chi connectivity index (χ1v) is 7.37. The van der Waals surface area contributed by atoms with Crippen molar-refractivity contribution in [2.45, 2.75) is 25.8 Å². The molecule has 1 saturated carbocycles. The summed E-state index contributed by atoms with van der Waals surface area (Å²) in [6.07, 6.45) is 2.18. The number of nitrogens with two attached hydrogens (primary N) is 1. The Bertz CT molecular complexity index is 307. The Morgan fingerprint density at radius 1 is 1.47 bits per heavy atom. The number of sulfonamides is 1. The van der Waals surface area contributed by atoms with Crippen LogP contribution in [0.5, 0.6) is 0 Å². The normalized spacial score (nSPS) is 17.9. The SMILES string of the molecule is CCOCCS(=O)(=O)N(C)C(CN)C1CC1.Cl. The van der Waals surface area contributed by atoms with Gasteiger partial charge in [0.05, 0.1) is 12.4 Å². The van der Waals surface area contributed by atoms with Crippen LogP contribution in [-0.2, 0) is 14.8 Å². The van der Waals surface area contributed by atoms with E-state index < -0.39 is 10.0 Å². The van der Waals surface area contributed by atoms with Crippen molar-refractivity contribution in [2.75, 3.05) is 32.6 Å². The van der Waals surface area contributed by atoms with Gasteiger partial charge in [0.25, 0.3) is 0 Å². The van der Waals surface area contributed by atoms with Crippen LogP contribution in [0.25, 0.3) is 0 Å². The molecule has 1 atom stereocenters. The third-order valence-corrected chi connectivity index (χ3v) is 4.83. The van der Waals surface area contributed by atoms with Gasteiger partial charge < -0.3 is 10.5 Å². The summed E-state index contributed by atoms with van der Waals surface area (Å²) < 4.78 is 30.4. The molecule has 17 heavy (non-hydrogen) atoms. The van der Waals surface area contributed by atoms with Crippen LogP contribution >= 0.6 is 12.4 Å². The lowest BCUT2D eigenvalue weighted by atomic mass is 10.2. The van der Waals surface area contributed by atoms with Gasteiger partial charge in [-0.05, 0) is 25.7 Å². The topological polar surface area (TPSA) is 72.6 Å². The van der Waals surface area contributed by atoms with Gasteiger partial charge in [-0.2, -0.15) is 0 Å². The van der Waals surface area contributed by atoms with E-state index in [9.17, 15) is 8.42 Å². The quantitative estimate of drug-likeness (QED) is 0.657. The van der Waals surface area contributed by atoms with Crippen molar-refractivity contribution in [2.24, 2.45) is 11.7 Å². The molecule has 1 unspecified atom stereocenters. The highest BCUT2D eigenvalue weighted by molar-refractivity contribution is 7.89. The van der Waals surface area contributed by atoms with Gasteiger partial charge in [-0.15, -0.1) is 12.4 Å². The van der Waals surface area contributed by atoms with Crippen molar-refractivity contribution >= 4 is 22.4 Å². The van der Waals surface area contributed by atoms with Crippen molar-refractivity contribution in [3.05, 3.63) is 0 Å². The maximum absolute atomic E-state index is 11.9. The van der Waals surface area contributed by atoms with Crippen LogP contribution in [0.1, 0.15) is 19.8 Å². The average molecular weight is 287 g/mol. The molecule has 0 bridgehead atoms. The molecule has 1 rings (SSSR count). The number of halogens is 1. The maximum Gasteiger partial charge on any atom is 0.216 e. The molecule has 0 spiro atoms. The van der Waals surface area contributed by atoms with Crippen molar-refractivity contribution in [3.63, 3.8) is 0 Å². The van der Waals surface area contributed by atoms with Gasteiger partial charge in [-0.25, -0.2) is 12.7 Å². The summed E-state index contributed by atoms with van der Waals surface area (Å²) in [5.74, 6) is 0.498. The Morgan fingerprint density at radius 3 is 2.47 bits per heavy atom. The van der Waals surface area contributed by atoms with E-state index in [1.54, 1.807) is 7.05 Å². The van der Waals surface area contributed by atoms with E-state index in [1.807, 2.05) is 6.92 Å². The largest absolute Gasteiger partial charge is 0.381 e. The standard InChI is InChI=1S/C10H22N2O3S.ClH/c1-3-15-6-7-16(13,14)12(2)10(8-11)9-4-5-9;/h9-10H,3-8,11H2,1-2H3;1H. The molecule has 104 valence electrons. The number of hydrogen-bond donors (Lipinski definition) is 1. The van der Waals surface area contributed by atoms with Gasteiger partial charge in [0.1, 0.15) is 0 Å². The second-order valence-corrected chi connectivity index (χ2v) is 6.32. The molecular weight excluding hydrogens is 264 g/mol. The molecule has 0 aromatic heterocycles. The van der Waals surface area contributed by atoms with Crippen LogP contribution < -0.4 is 5.73 Å². The van der Waals surface area contributed by atoms with Gasteiger partial charge in [0.15, 0.2) is 0 Å². The first kappa shape index (κ1) is 17.1. The van der Waals surface area contributed by atoms with Crippen molar-refractivity contribution < 1.29 is 13.2 Å². The summed E-state index contributed by atoms with van der Waals surface area (Å²) in [4.78, 5) is 0. The molecule has 0 radical (unpaired) electrons. The van der Waals surface area contributed by atoms with Crippen LogP contribution in [0, 0.1) is 5.92 Å². The highest BCUT2D eigenvalue weighted by Gasteiger charge is 2.37. The fourth-order valence-corrected chi connectivity index (χ4v) is 3.06. The zero-order chi connectivity index (χ0) is 12.2. The van der Waals surface area contributed by atoms with E-state index in [0.717, 1.165) is 12.8 Å². The molecule has 0 heterocycles. The zero-order valence-corrected chi connectivity index (χ0v) is 12.1. The number of nitrogens with zero attached hydrogens (tertiary/aromatic N) is 1. The second kappa shape index (κ2) is 7.53. The van der Waals surface area contributed by atoms with Gasteiger partial charge in [-0.1, -0.05) is 0 Å². The summed E-state index contributed by atoms with van der Waals surface area (Å²) >= 11 is 0. The Kier molecular flexibility index (Phi) is 7.58. The number of ether oxygens (including phenoxy) is 1. The summed E-state index contributed by atoms with van der Waals surface area (Å²) in [6.45, 7) is 3.05.